The van der Waals surface area contributed by atoms with E-state index in [1.54, 1.807) is 0 Å². The van der Waals surface area contributed by atoms with Gasteiger partial charge in [0.1, 0.15) is 0 Å². The predicted octanol–water partition coefficient (Wildman–Crippen LogP) is 1.55. The summed E-state index contributed by atoms with van der Waals surface area (Å²) in [7, 11) is 0. The summed E-state index contributed by atoms with van der Waals surface area (Å²) in [4.78, 5) is 0. The Bertz CT molecular complexity index is 106. The second-order valence-corrected chi connectivity index (χ2v) is 3.33. The van der Waals surface area contributed by atoms with Crippen LogP contribution in [0.15, 0.2) is 23.0 Å². The van der Waals surface area contributed by atoms with Gasteiger partial charge in [0.15, 0.2) is 0 Å². The molecule has 1 rings (SSSR count). The second-order valence-electron chi connectivity index (χ2n) is 1.60. The maximum atomic E-state index is 3.34. The van der Waals surface area contributed by atoms with Crippen LogP contribution >= 0.6 is 11.1 Å². The van der Waals surface area contributed by atoms with E-state index in [4.69, 9.17) is 0 Å². The van der Waals surface area contributed by atoms with Gasteiger partial charge in [0.05, 0.1) is 0 Å². The summed E-state index contributed by atoms with van der Waals surface area (Å²) >= 11 is -0.0563. The zero-order chi connectivity index (χ0) is 5.82. The van der Waals surface area contributed by atoms with Gasteiger partial charge in [-0.3, -0.25) is 4.72 Å². The number of thiol groups is 1. The van der Waals surface area contributed by atoms with Crippen LogP contribution in [0.5, 0.6) is 0 Å². The van der Waals surface area contributed by atoms with E-state index in [2.05, 4.69) is 34.6 Å². The summed E-state index contributed by atoms with van der Waals surface area (Å²) in [5.74, 6) is 0. The third kappa shape index (κ3) is 1.39. The monoisotopic (exact) mass is 129 g/mol. The molecule has 0 radical (unpaired) electrons. The van der Waals surface area contributed by atoms with Gasteiger partial charge in [-0.2, -0.15) is 11.1 Å². The Balaban J connectivity index is 2.27. The van der Waals surface area contributed by atoms with Crippen LogP contribution in [-0.4, -0.2) is 6.54 Å². The minimum Gasteiger partial charge on any atom is -0.277 e. The number of rotatable bonds is 2. The molecular weight excluding hydrogens is 118 g/mol. The normalized spacial score (nSPS) is 20.4. The molecule has 0 unspecified atom stereocenters. The number of hydrogen-bond donors (Lipinski definition) is 2. The third-order valence-corrected chi connectivity index (χ3v) is 2.61. The van der Waals surface area contributed by atoms with E-state index >= 15 is 0 Å². The highest BCUT2D eigenvalue weighted by molar-refractivity contribution is 8.20. The molecule has 0 aromatic carbocycles. The standard InChI is InChI=1S/C6H11NS/c1-2-7-8-5-3-4-6-8/h3-8H,2H2,1H3. The molecule has 0 amide bonds. The first-order chi connectivity index (χ1) is 3.93. The van der Waals surface area contributed by atoms with Gasteiger partial charge in [-0.1, -0.05) is 19.1 Å². The first-order valence-corrected chi connectivity index (χ1v) is 4.28. The van der Waals surface area contributed by atoms with Crippen molar-refractivity contribution in [3.63, 3.8) is 0 Å². The Morgan fingerprint density at radius 3 is 2.50 bits per heavy atom. The summed E-state index contributed by atoms with van der Waals surface area (Å²) in [6, 6.07) is 0. The maximum absolute atomic E-state index is 3.34. The van der Waals surface area contributed by atoms with Crippen LogP contribution in [0.3, 0.4) is 0 Å². The van der Waals surface area contributed by atoms with Gasteiger partial charge in [-0.25, -0.2) is 0 Å². The Morgan fingerprint density at radius 1 is 1.38 bits per heavy atom. The molecule has 0 bridgehead atoms. The molecule has 0 aliphatic carbocycles. The Kier molecular flexibility index (Phi) is 2.18. The lowest BCUT2D eigenvalue weighted by molar-refractivity contribution is 1.03. The minimum atomic E-state index is -0.0563. The molecular formula is C6H11NS. The molecule has 1 heterocycles. The average Bonchev–Trinajstić information content (AvgIpc) is 2.19. The van der Waals surface area contributed by atoms with Crippen LogP contribution in [0, 0.1) is 0 Å². The number of allylic oxidation sites excluding steroid dienone is 2. The summed E-state index contributed by atoms with van der Waals surface area (Å²) in [5, 5.41) is 4.41. The first kappa shape index (κ1) is 5.92. The summed E-state index contributed by atoms with van der Waals surface area (Å²) in [5.41, 5.74) is 0. The van der Waals surface area contributed by atoms with Crippen molar-refractivity contribution in [1.29, 1.82) is 0 Å². The smallest absolute Gasteiger partial charge is 0.00189 e. The lowest BCUT2D eigenvalue weighted by atomic mass is 10.6. The molecule has 0 fully saturated rings. The van der Waals surface area contributed by atoms with E-state index in [-0.39, 0.29) is 11.1 Å². The minimum absolute atomic E-state index is 0.0563. The highest BCUT2D eigenvalue weighted by Gasteiger charge is 1.92. The maximum Gasteiger partial charge on any atom is 0.00189 e. The van der Waals surface area contributed by atoms with Gasteiger partial charge < -0.3 is 0 Å². The van der Waals surface area contributed by atoms with Crippen LogP contribution in [-0.2, 0) is 0 Å². The molecule has 1 aliphatic heterocycles. The average molecular weight is 129 g/mol. The van der Waals surface area contributed by atoms with Crippen LogP contribution in [0.2, 0.25) is 0 Å². The fourth-order valence-electron chi connectivity index (χ4n) is 0.623. The molecule has 1 aliphatic rings. The van der Waals surface area contributed by atoms with Crippen molar-refractivity contribution in [1.82, 2.24) is 4.72 Å². The van der Waals surface area contributed by atoms with E-state index in [1.807, 2.05) is 0 Å². The molecule has 0 atom stereocenters. The van der Waals surface area contributed by atoms with Gasteiger partial charge in [0.25, 0.3) is 0 Å². The van der Waals surface area contributed by atoms with E-state index < -0.39 is 0 Å². The molecule has 2 heteroatoms. The Hall–Kier alpha value is -0.210. The lowest BCUT2D eigenvalue weighted by Gasteiger charge is -2.08. The van der Waals surface area contributed by atoms with Crippen LogP contribution in [0.25, 0.3) is 0 Å². The zero-order valence-corrected chi connectivity index (χ0v) is 5.86. The van der Waals surface area contributed by atoms with Crippen molar-refractivity contribution in [2.24, 2.45) is 0 Å². The topological polar surface area (TPSA) is 12.0 Å². The lowest BCUT2D eigenvalue weighted by Crippen LogP contribution is -2.03. The van der Waals surface area contributed by atoms with E-state index in [0.717, 1.165) is 6.54 Å². The Labute approximate surface area is 53.0 Å². The van der Waals surface area contributed by atoms with Crippen molar-refractivity contribution in [2.45, 2.75) is 6.92 Å². The number of nitrogens with one attached hydrogen (secondary N) is 1. The van der Waals surface area contributed by atoms with E-state index in [0.29, 0.717) is 0 Å². The molecule has 46 valence electrons. The van der Waals surface area contributed by atoms with E-state index in [9.17, 15) is 0 Å². The van der Waals surface area contributed by atoms with Crippen LogP contribution in [0.1, 0.15) is 6.92 Å². The molecule has 1 nitrogen and oxygen atoms in total. The second kappa shape index (κ2) is 2.95. The first-order valence-electron chi connectivity index (χ1n) is 2.80. The largest absolute Gasteiger partial charge is 0.277 e. The third-order valence-electron chi connectivity index (χ3n) is 0.945. The zero-order valence-electron chi connectivity index (χ0n) is 4.96. The van der Waals surface area contributed by atoms with Gasteiger partial charge in [-0.05, 0) is 10.8 Å². The Morgan fingerprint density at radius 2 is 2.00 bits per heavy atom. The highest BCUT2D eigenvalue weighted by atomic mass is 32.2. The quantitative estimate of drug-likeness (QED) is 0.539. The molecule has 1 N–H and O–H groups in total. The SMILES string of the molecule is CCN[SH]1C=CC=C1. The summed E-state index contributed by atoms with van der Waals surface area (Å²) < 4.78 is 3.34. The number of hydrogen-bond acceptors (Lipinski definition) is 1. The molecule has 8 heavy (non-hydrogen) atoms. The van der Waals surface area contributed by atoms with Crippen molar-refractivity contribution in [3.8, 4) is 0 Å². The fraction of sp³-hybridized carbons (Fsp3) is 0.333. The highest BCUT2D eigenvalue weighted by Crippen LogP contribution is 2.26. The summed E-state index contributed by atoms with van der Waals surface area (Å²) in [6.45, 7) is 3.20. The van der Waals surface area contributed by atoms with Gasteiger partial charge in [-0.15, -0.1) is 0 Å². The fourth-order valence-corrected chi connectivity index (χ4v) is 1.87. The van der Waals surface area contributed by atoms with E-state index in [1.165, 1.54) is 0 Å². The van der Waals surface area contributed by atoms with Crippen LogP contribution in [0.4, 0.5) is 0 Å². The van der Waals surface area contributed by atoms with Gasteiger partial charge in [0, 0.05) is 6.54 Å². The predicted molar refractivity (Wildman–Crippen MR) is 40.9 cm³/mol. The molecule has 0 saturated heterocycles. The summed E-state index contributed by atoms with van der Waals surface area (Å²) in [6.07, 6.45) is 4.18. The molecule has 0 spiro atoms. The van der Waals surface area contributed by atoms with Crippen molar-refractivity contribution < 1.29 is 0 Å². The molecule has 0 saturated carbocycles. The van der Waals surface area contributed by atoms with Crippen molar-refractivity contribution in [2.75, 3.05) is 6.54 Å². The molecule has 0 aromatic rings. The van der Waals surface area contributed by atoms with Crippen LogP contribution < -0.4 is 4.72 Å². The van der Waals surface area contributed by atoms with Crippen molar-refractivity contribution >= 4 is 11.1 Å². The molecule has 0 aromatic heterocycles. The van der Waals surface area contributed by atoms with Gasteiger partial charge >= 0.3 is 0 Å². The van der Waals surface area contributed by atoms with Gasteiger partial charge in [0.2, 0.25) is 0 Å². The van der Waals surface area contributed by atoms with Crippen molar-refractivity contribution in [3.05, 3.63) is 23.0 Å².